The summed E-state index contributed by atoms with van der Waals surface area (Å²) in [5.74, 6) is 1.22. The van der Waals surface area contributed by atoms with E-state index in [2.05, 4.69) is 39.5 Å². The summed E-state index contributed by atoms with van der Waals surface area (Å²) in [5, 5.41) is 16.9. The molecule has 0 bridgehead atoms. The fourth-order valence-corrected chi connectivity index (χ4v) is 5.19. The maximum absolute atomic E-state index is 13.4. The van der Waals surface area contributed by atoms with Gasteiger partial charge in [0.25, 0.3) is 0 Å². The van der Waals surface area contributed by atoms with Crippen LogP contribution in [0.2, 0.25) is 0 Å². The van der Waals surface area contributed by atoms with Gasteiger partial charge in [0.15, 0.2) is 5.82 Å². The molecule has 2 aliphatic carbocycles. The molecule has 8 nitrogen and oxygen atoms in total. The minimum Gasteiger partial charge on any atom is -0.339 e. The standard InChI is InChI=1S/C28H29FN6O2/c1-28(26-33-25(37-34-26)21-14-22(21)29)10-12-35(13-11-28)27(36)32-24-18(15-30)6-3-7-20(24)19-8-9-23(31-16-19)17-4-2-5-17/h3,6-9,16-17,21-22H,2,4-5,10-14H2,1H3,(H,32,36)/t21-,22+/m1/s1. The predicted molar refractivity (Wildman–Crippen MR) is 135 cm³/mol. The van der Waals surface area contributed by atoms with Gasteiger partial charge in [-0.15, -0.1) is 0 Å². The van der Waals surface area contributed by atoms with Crippen molar-refractivity contribution in [2.45, 2.75) is 68.9 Å². The average molecular weight is 501 g/mol. The molecule has 3 heterocycles. The topological polar surface area (TPSA) is 108 Å². The number of anilines is 1. The zero-order valence-corrected chi connectivity index (χ0v) is 20.8. The molecule has 1 N–H and O–H groups in total. The van der Waals surface area contributed by atoms with Crippen molar-refractivity contribution in [2.24, 2.45) is 0 Å². The number of carbonyl (C=O) groups is 1. The van der Waals surface area contributed by atoms with Gasteiger partial charge in [-0.1, -0.05) is 36.7 Å². The third kappa shape index (κ3) is 4.45. The van der Waals surface area contributed by atoms with Crippen LogP contribution in [0.5, 0.6) is 0 Å². The minimum absolute atomic E-state index is 0.253. The quantitative estimate of drug-likeness (QED) is 0.483. The molecule has 0 spiro atoms. The molecular weight excluding hydrogens is 471 g/mol. The number of alkyl halides is 1. The van der Waals surface area contributed by atoms with Crippen molar-refractivity contribution in [3.05, 3.63) is 59.5 Å². The van der Waals surface area contributed by atoms with E-state index in [4.69, 9.17) is 4.52 Å². The molecule has 2 saturated carbocycles. The Morgan fingerprint density at radius 2 is 2.03 bits per heavy atom. The van der Waals surface area contributed by atoms with Crippen molar-refractivity contribution in [3.63, 3.8) is 0 Å². The van der Waals surface area contributed by atoms with Crippen LogP contribution < -0.4 is 5.32 Å². The van der Waals surface area contributed by atoms with Gasteiger partial charge in [-0.05, 0) is 44.2 Å². The summed E-state index contributed by atoms with van der Waals surface area (Å²) in [6.07, 6.45) is 6.31. The Labute approximate surface area is 214 Å². The number of nitrogens with one attached hydrogen (secondary N) is 1. The number of aromatic nitrogens is 3. The van der Waals surface area contributed by atoms with Crippen LogP contribution in [0, 0.1) is 11.3 Å². The summed E-state index contributed by atoms with van der Waals surface area (Å²) in [6.45, 7) is 3.06. The van der Waals surface area contributed by atoms with E-state index in [1.165, 1.54) is 19.3 Å². The highest BCUT2D eigenvalue weighted by atomic mass is 19.1. The highest BCUT2D eigenvalue weighted by Gasteiger charge is 2.45. The number of hydrogen-bond acceptors (Lipinski definition) is 6. The molecule has 2 atom stereocenters. The minimum atomic E-state index is -0.885. The molecule has 3 aromatic rings. The smallest absolute Gasteiger partial charge is 0.321 e. The van der Waals surface area contributed by atoms with Crippen LogP contribution in [0.25, 0.3) is 11.1 Å². The number of nitriles is 1. The number of nitrogens with zero attached hydrogens (tertiary/aromatic N) is 5. The van der Waals surface area contributed by atoms with Crippen LogP contribution in [-0.4, -0.2) is 45.3 Å². The average Bonchev–Trinajstić information content (AvgIpc) is 3.39. The second kappa shape index (κ2) is 9.25. The molecule has 3 aliphatic rings. The molecule has 2 amide bonds. The molecule has 190 valence electrons. The third-order valence-electron chi connectivity index (χ3n) is 8.20. The third-order valence-corrected chi connectivity index (χ3v) is 8.20. The van der Waals surface area contributed by atoms with Crippen molar-refractivity contribution in [2.75, 3.05) is 18.4 Å². The Morgan fingerprint density at radius 3 is 2.65 bits per heavy atom. The molecule has 37 heavy (non-hydrogen) atoms. The van der Waals surface area contributed by atoms with Gasteiger partial charge in [0, 0.05) is 47.4 Å². The summed E-state index contributed by atoms with van der Waals surface area (Å²) in [5.41, 5.74) is 3.29. The molecule has 0 radical (unpaired) electrons. The molecule has 1 saturated heterocycles. The van der Waals surface area contributed by atoms with Crippen molar-refractivity contribution >= 4 is 11.7 Å². The Kier molecular flexibility index (Phi) is 5.90. The van der Waals surface area contributed by atoms with Crippen LogP contribution in [-0.2, 0) is 5.41 Å². The summed E-state index contributed by atoms with van der Waals surface area (Å²) in [4.78, 5) is 24.2. The van der Waals surface area contributed by atoms with Crippen LogP contribution in [0.15, 0.2) is 41.1 Å². The van der Waals surface area contributed by atoms with Crippen molar-refractivity contribution in [1.82, 2.24) is 20.0 Å². The Hall–Kier alpha value is -3.80. The largest absolute Gasteiger partial charge is 0.339 e. The van der Waals surface area contributed by atoms with Crippen LogP contribution >= 0.6 is 0 Å². The van der Waals surface area contributed by atoms with Gasteiger partial charge in [0.2, 0.25) is 5.89 Å². The lowest BCUT2D eigenvalue weighted by Crippen LogP contribution is -2.46. The number of carbonyl (C=O) groups excluding carboxylic acids is 1. The number of amides is 2. The van der Waals surface area contributed by atoms with E-state index in [0.717, 1.165) is 16.8 Å². The molecule has 0 unspecified atom stereocenters. The maximum atomic E-state index is 13.4. The Balaban J connectivity index is 1.16. The molecule has 1 aromatic carbocycles. The number of urea groups is 1. The molecule has 3 fully saturated rings. The summed E-state index contributed by atoms with van der Waals surface area (Å²) in [7, 11) is 0. The van der Waals surface area contributed by atoms with Gasteiger partial charge in [-0.2, -0.15) is 10.2 Å². The lowest BCUT2D eigenvalue weighted by Gasteiger charge is -2.37. The first kappa shape index (κ1) is 23.6. The van der Waals surface area contributed by atoms with Gasteiger partial charge in [0.05, 0.1) is 17.2 Å². The fourth-order valence-electron chi connectivity index (χ4n) is 5.19. The van der Waals surface area contributed by atoms with E-state index < -0.39 is 6.17 Å². The normalized spacial score (nSPS) is 22.7. The number of halogens is 1. The zero-order chi connectivity index (χ0) is 25.6. The Morgan fingerprint density at radius 1 is 1.24 bits per heavy atom. The predicted octanol–water partition coefficient (Wildman–Crippen LogP) is 5.68. The van der Waals surface area contributed by atoms with E-state index in [1.54, 1.807) is 11.0 Å². The number of piperidine rings is 1. The summed E-state index contributed by atoms with van der Waals surface area (Å²) in [6, 6.07) is 11.5. The summed E-state index contributed by atoms with van der Waals surface area (Å²) < 4.78 is 18.7. The highest BCUT2D eigenvalue weighted by Crippen LogP contribution is 2.44. The molecule has 9 heteroatoms. The van der Waals surface area contributed by atoms with Crippen LogP contribution in [0.4, 0.5) is 14.9 Å². The summed E-state index contributed by atoms with van der Waals surface area (Å²) >= 11 is 0. The highest BCUT2D eigenvalue weighted by molar-refractivity contribution is 5.96. The molecule has 1 aliphatic heterocycles. The van der Waals surface area contributed by atoms with Crippen LogP contribution in [0.3, 0.4) is 0 Å². The lowest BCUT2D eigenvalue weighted by atomic mass is 9.80. The van der Waals surface area contributed by atoms with Gasteiger partial charge in [-0.25, -0.2) is 9.18 Å². The van der Waals surface area contributed by atoms with E-state index in [9.17, 15) is 14.4 Å². The number of hydrogen-bond donors (Lipinski definition) is 1. The molecular formula is C28H29FN6O2. The van der Waals surface area contributed by atoms with Crippen molar-refractivity contribution in [3.8, 4) is 17.2 Å². The first-order valence-electron chi connectivity index (χ1n) is 13.0. The van der Waals surface area contributed by atoms with Gasteiger partial charge in [-0.3, -0.25) is 4.98 Å². The van der Waals surface area contributed by atoms with Crippen LogP contribution in [0.1, 0.15) is 80.3 Å². The SMILES string of the molecule is CC1(c2noc([C@@H]3C[C@@H]3F)n2)CCN(C(=O)Nc2c(C#N)cccc2-c2ccc(C3CCC3)nc2)CC1. The second-order valence-electron chi connectivity index (χ2n) is 10.7. The lowest BCUT2D eigenvalue weighted by molar-refractivity contribution is 0.169. The molecule has 2 aromatic heterocycles. The number of pyridine rings is 1. The number of para-hydroxylation sites is 1. The molecule has 6 rings (SSSR count). The number of benzene rings is 1. The van der Waals surface area contributed by atoms with E-state index in [0.29, 0.717) is 61.2 Å². The van der Waals surface area contributed by atoms with Crippen molar-refractivity contribution in [1.29, 1.82) is 5.26 Å². The monoisotopic (exact) mass is 500 g/mol. The van der Waals surface area contributed by atoms with Gasteiger partial charge >= 0.3 is 6.03 Å². The number of likely N-dealkylation sites (tertiary alicyclic amines) is 1. The van der Waals surface area contributed by atoms with E-state index in [-0.39, 0.29) is 17.4 Å². The van der Waals surface area contributed by atoms with Gasteiger partial charge < -0.3 is 14.7 Å². The van der Waals surface area contributed by atoms with Crippen molar-refractivity contribution < 1.29 is 13.7 Å². The second-order valence-corrected chi connectivity index (χ2v) is 10.7. The zero-order valence-electron chi connectivity index (χ0n) is 20.8. The van der Waals surface area contributed by atoms with E-state index in [1.807, 2.05) is 24.4 Å². The first-order valence-corrected chi connectivity index (χ1v) is 13.0. The van der Waals surface area contributed by atoms with E-state index >= 15 is 0 Å². The first-order chi connectivity index (χ1) is 17.9. The fraction of sp³-hybridized carbons (Fsp3) is 0.464. The van der Waals surface area contributed by atoms with Gasteiger partial charge in [0.1, 0.15) is 12.2 Å². The maximum Gasteiger partial charge on any atom is 0.321 e. The Bertz CT molecular complexity index is 1350. The number of rotatable bonds is 5.